The topological polar surface area (TPSA) is 107 Å². The number of hydrogen-bond donors (Lipinski definition) is 3. The zero-order valence-corrected chi connectivity index (χ0v) is 21.9. The van der Waals surface area contributed by atoms with Gasteiger partial charge in [-0.2, -0.15) is 0 Å². The van der Waals surface area contributed by atoms with Gasteiger partial charge in [0.25, 0.3) is 0 Å². The number of hydrogen-bond acceptors (Lipinski definition) is 7. The number of anilines is 1. The molecular weight excluding hydrogens is 478 g/mol. The maximum absolute atomic E-state index is 12.6. The van der Waals surface area contributed by atoms with Crippen LogP contribution in [0.3, 0.4) is 0 Å². The summed E-state index contributed by atoms with van der Waals surface area (Å²) in [5, 5.41) is 27.8. The molecular formula is C28H39NO6S. The normalized spacial score (nSPS) is 17.4. The molecule has 1 aromatic carbocycles. The van der Waals surface area contributed by atoms with Crippen molar-refractivity contribution < 1.29 is 29.6 Å². The summed E-state index contributed by atoms with van der Waals surface area (Å²) in [5.41, 5.74) is 2.30. The summed E-state index contributed by atoms with van der Waals surface area (Å²) in [7, 11) is 0. The minimum absolute atomic E-state index is 0.186. The lowest BCUT2D eigenvalue weighted by molar-refractivity contribution is -0.117. The number of esters is 1. The van der Waals surface area contributed by atoms with Gasteiger partial charge in [0.1, 0.15) is 23.7 Å². The Kier molecular flexibility index (Phi) is 11.4. The number of carbonyl (C=O) groups is 2. The molecule has 1 saturated heterocycles. The van der Waals surface area contributed by atoms with Crippen molar-refractivity contribution >= 4 is 28.9 Å². The minimum atomic E-state index is -1.34. The molecule has 7 nitrogen and oxygen atoms in total. The molecule has 0 saturated carbocycles. The second kappa shape index (κ2) is 14.5. The van der Waals surface area contributed by atoms with Gasteiger partial charge in [0, 0.05) is 23.0 Å². The van der Waals surface area contributed by atoms with Crippen molar-refractivity contribution in [1.82, 2.24) is 0 Å². The van der Waals surface area contributed by atoms with E-state index in [2.05, 4.69) is 31.2 Å². The highest BCUT2D eigenvalue weighted by Gasteiger charge is 2.31. The zero-order valence-electron chi connectivity index (χ0n) is 21.1. The first-order valence-electron chi connectivity index (χ1n) is 13.1. The number of amides is 1. The van der Waals surface area contributed by atoms with Crippen LogP contribution in [0.2, 0.25) is 0 Å². The predicted octanol–water partition coefficient (Wildman–Crippen LogP) is 4.26. The first-order chi connectivity index (χ1) is 17.4. The van der Waals surface area contributed by atoms with E-state index in [1.54, 1.807) is 6.07 Å². The second-order valence-corrected chi connectivity index (χ2v) is 10.7. The summed E-state index contributed by atoms with van der Waals surface area (Å²) in [4.78, 5) is 28.3. The number of unbranched alkanes of at least 4 members (excludes halogenated alkanes) is 3. The van der Waals surface area contributed by atoms with E-state index < -0.39 is 24.8 Å². The highest BCUT2D eigenvalue weighted by atomic mass is 32.1. The molecule has 2 aromatic rings. The van der Waals surface area contributed by atoms with Crippen LogP contribution in [-0.2, 0) is 22.4 Å². The molecule has 3 atom stereocenters. The summed E-state index contributed by atoms with van der Waals surface area (Å²) < 4.78 is 5.03. The molecule has 0 aliphatic carbocycles. The third-order valence-corrected chi connectivity index (χ3v) is 7.82. The summed E-state index contributed by atoms with van der Waals surface area (Å²) in [5.74, 6) is -0.373. The number of aliphatic hydroxyl groups excluding tert-OH is 3. The van der Waals surface area contributed by atoms with Crippen LogP contribution in [0.15, 0.2) is 36.4 Å². The molecule has 1 amide bonds. The average Bonchev–Trinajstić information content (AvgIpc) is 3.51. The first-order valence-corrected chi connectivity index (χ1v) is 13.9. The number of rotatable bonds is 15. The SMILES string of the molecule is CCCCCCc1ccc(N2C(=O)CC[C@@H]2CCCc2ccc(C(=O)OC[C@@H](O)[C@H](O)CO)s2)cc1. The zero-order chi connectivity index (χ0) is 25.9. The van der Waals surface area contributed by atoms with Crippen LogP contribution >= 0.6 is 11.3 Å². The Morgan fingerprint density at radius 2 is 1.83 bits per heavy atom. The highest BCUT2D eigenvalue weighted by Crippen LogP contribution is 2.30. The average molecular weight is 518 g/mol. The van der Waals surface area contributed by atoms with E-state index in [0.717, 1.165) is 42.7 Å². The highest BCUT2D eigenvalue weighted by molar-refractivity contribution is 7.13. The van der Waals surface area contributed by atoms with Gasteiger partial charge in [0.05, 0.1) is 6.61 Å². The van der Waals surface area contributed by atoms with Crippen molar-refractivity contribution in [3.63, 3.8) is 0 Å². The lowest BCUT2D eigenvalue weighted by Crippen LogP contribution is -2.34. The lowest BCUT2D eigenvalue weighted by Gasteiger charge is -2.25. The van der Waals surface area contributed by atoms with Crippen LogP contribution in [-0.4, -0.2) is 58.7 Å². The molecule has 3 N–H and O–H groups in total. The molecule has 3 rings (SSSR count). The van der Waals surface area contributed by atoms with E-state index in [4.69, 9.17) is 9.84 Å². The van der Waals surface area contributed by atoms with Crippen molar-refractivity contribution in [2.24, 2.45) is 0 Å². The largest absolute Gasteiger partial charge is 0.459 e. The molecule has 0 spiro atoms. The van der Waals surface area contributed by atoms with Crippen molar-refractivity contribution in [2.45, 2.75) is 89.4 Å². The molecule has 2 heterocycles. The van der Waals surface area contributed by atoms with Crippen molar-refractivity contribution in [3.05, 3.63) is 51.7 Å². The van der Waals surface area contributed by atoms with Crippen LogP contribution in [0, 0.1) is 0 Å². The van der Waals surface area contributed by atoms with Crippen LogP contribution in [0.5, 0.6) is 0 Å². The quantitative estimate of drug-likeness (QED) is 0.241. The van der Waals surface area contributed by atoms with Gasteiger partial charge in [0.15, 0.2) is 0 Å². The van der Waals surface area contributed by atoms with Crippen LogP contribution in [0.4, 0.5) is 5.69 Å². The summed E-state index contributed by atoms with van der Waals surface area (Å²) >= 11 is 1.35. The van der Waals surface area contributed by atoms with E-state index in [1.165, 1.54) is 42.6 Å². The maximum Gasteiger partial charge on any atom is 0.348 e. The molecule has 0 radical (unpaired) electrons. The molecule has 0 unspecified atom stereocenters. The van der Waals surface area contributed by atoms with Crippen LogP contribution < -0.4 is 4.90 Å². The van der Waals surface area contributed by atoms with Crippen LogP contribution in [0.25, 0.3) is 0 Å². The molecule has 198 valence electrons. The monoisotopic (exact) mass is 517 g/mol. The third-order valence-electron chi connectivity index (χ3n) is 6.70. The van der Waals surface area contributed by atoms with Crippen LogP contribution in [0.1, 0.15) is 78.4 Å². The molecule has 1 aliphatic rings. The number of thiophene rings is 1. The Bertz CT molecular complexity index is 959. The Morgan fingerprint density at radius 1 is 1.06 bits per heavy atom. The number of benzene rings is 1. The summed E-state index contributed by atoms with van der Waals surface area (Å²) in [6, 6.07) is 12.3. The van der Waals surface area contributed by atoms with E-state index in [1.807, 2.05) is 11.0 Å². The predicted molar refractivity (Wildman–Crippen MR) is 141 cm³/mol. The number of aliphatic hydroxyl groups is 3. The van der Waals surface area contributed by atoms with Gasteiger partial charge in [-0.25, -0.2) is 4.79 Å². The first kappa shape index (κ1) is 28.3. The Labute approximate surface area is 217 Å². The second-order valence-electron chi connectivity index (χ2n) is 9.51. The Hall–Kier alpha value is -2.26. The number of carbonyl (C=O) groups excluding carboxylic acids is 2. The molecule has 1 fully saturated rings. The fourth-order valence-corrected chi connectivity index (χ4v) is 5.49. The van der Waals surface area contributed by atoms with Crippen molar-refractivity contribution in [3.8, 4) is 0 Å². The van der Waals surface area contributed by atoms with Crippen molar-refractivity contribution in [1.29, 1.82) is 0 Å². The van der Waals surface area contributed by atoms with Gasteiger partial charge in [-0.3, -0.25) is 4.79 Å². The standard InChI is InChI=1S/C28H39NO6S/c1-2-3-4-5-7-20-10-12-22(13-11-20)29-21(14-17-27(29)33)8-6-9-23-15-16-26(36-23)28(34)35-19-25(32)24(31)18-30/h10-13,15-16,21,24-25,30-32H,2-9,14,17-19H2,1H3/t21-,24+,25+/m0/s1. The number of ether oxygens (including phenoxy) is 1. The molecule has 1 aliphatic heterocycles. The Balaban J connectivity index is 1.46. The minimum Gasteiger partial charge on any atom is -0.459 e. The number of aryl methyl sites for hydroxylation is 2. The van der Waals surface area contributed by atoms with Crippen molar-refractivity contribution in [2.75, 3.05) is 18.1 Å². The van der Waals surface area contributed by atoms with Gasteiger partial charge < -0.3 is 25.0 Å². The maximum atomic E-state index is 12.6. The van der Waals surface area contributed by atoms with E-state index in [-0.39, 0.29) is 18.6 Å². The van der Waals surface area contributed by atoms with Gasteiger partial charge in [-0.1, -0.05) is 38.3 Å². The van der Waals surface area contributed by atoms with Gasteiger partial charge in [-0.15, -0.1) is 11.3 Å². The van der Waals surface area contributed by atoms with Gasteiger partial charge in [0.2, 0.25) is 5.91 Å². The van der Waals surface area contributed by atoms with E-state index in [0.29, 0.717) is 11.3 Å². The Morgan fingerprint density at radius 3 is 2.56 bits per heavy atom. The fraction of sp³-hybridized carbons (Fsp3) is 0.571. The summed E-state index contributed by atoms with van der Waals surface area (Å²) in [6.45, 7) is 1.24. The summed E-state index contributed by atoms with van der Waals surface area (Å²) in [6.07, 6.45) is 7.44. The molecule has 1 aromatic heterocycles. The number of nitrogens with zero attached hydrogens (tertiary/aromatic N) is 1. The van der Waals surface area contributed by atoms with E-state index >= 15 is 0 Å². The third kappa shape index (κ3) is 8.13. The fourth-order valence-electron chi connectivity index (χ4n) is 4.55. The van der Waals surface area contributed by atoms with E-state index in [9.17, 15) is 19.8 Å². The van der Waals surface area contributed by atoms with Gasteiger partial charge in [-0.05, 0) is 68.4 Å². The molecule has 36 heavy (non-hydrogen) atoms. The smallest absolute Gasteiger partial charge is 0.348 e. The molecule has 8 heteroatoms. The van der Waals surface area contributed by atoms with Gasteiger partial charge >= 0.3 is 5.97 Å². The molecule has 0 bridgehead atoms. The lowest BCUT2D eigenvalue weighted by atomic mass is 10.0.